The lowest BCUT2D eigenvalue weighted by atomic mass is 10.0. The summed E-state index contributed by atoms with van der Waals surface area (Å²) in [6.07, 6.45) is 5.15. The molecule has 0 aromatic heterocycles. The highest BCUT2D eigenvalue weighted by Crippen LogP contribution is 2.31. The first-order chi connectivity index (χ1) is 11.9. The number of ether oxygens (including phenoxy) is 1. The molecule has 1 saturated heterocycles. The summed E-state index contributed by atoms with van der Waals surface area (Å²) in [5, 5.41) is 0. The molecular weight excluding hydrogens is 296 g/mol. The minimum atomic E-state index is 0.541. The number of likely N-dealkylation sites (tertiary alicyclic amines) is 1. The van der Waals surface area contributed by atoms with Crippen LogP contribution >= 0.6 is 0 Å². The van der Waals surface area contributed by atoms with Gasteiger partial charge in [0.05, 0.1) is 6.61 Å². The Morgan fingerprint density at radius 2 is 1.75 bits per heavy atom. The molecule has 128 valence electrons. The van der Waals surface area contributed by atoms with E-state index in [1.165, 1.54) is 37.9 Å². The van der Waals surface area contributed by atoms with Crippen molar-refractivity contribution in [1.29, 1.82) is 0 Å². The van der Waals surface area contributed by atoms with Gasteiger partial charge in [0.25, 0.3) is 0 Å². The molecule has 0 radical (unpaired) electrons. The molecule has 24 heavy (non-hydrogen) atoms. The van der Waals surface area contributed by atoms with Gasteiger partial charge in [-0.05, 0) is 49.5 Å². The SMILES string of the molecule is NCc1ccc(-c2ccccc2)c(OCCCN2CCCCC2)c1. The lowest BCUT2D eigenvalue weighted by Crippen LogP contribution is -2.31. The van der Waals surface area contributed by atoms with Crippen LogP contribution < -0.4 is 10.5 Å². The van der Waals surface area contributed by atoms with Crippen molar-refractivity contribution in [1.82, 2.24) is 4.90 Å². The molecule has 2 N–H and O–H groups in total. The molecule has 0 atom stereocenters. The van der Waals surface area contributed by atoms with Gasteiger partial charge in [-0.1, -0.05) is 48.9 Å². The first kappa shape index (κ1) is 17.0. The number of piperidine rings is 1. The Hall–Kier alpha value is -1.84. The Labute approximate surface area is 145 Å². The standard InChI is InChI=1S/C21H28N2O/c22-17-18-10-11-20(19-8-3-1-4-9-19)21(16-18)24-15-7-14-23-12-5-2-6-13-23/h1,3-4,8-11,16H,2,5-7,12-15,17,22H2. The average Bonchev–Trinajstić information content (AvgIpc) is 2.66. The van der Waals surface area contributed by atoms with Crippen molar-refractivity contribution in [3.05, 3.63) is 54.1 Å². The summed E-state index contributed by atoms with van der Waals surface area (Å²) < 4.78 is 6.14. The van der Waals surface area contributed by atoms with Gasteiger partial charge in [-0.2, -0.15) is 0 Å². The highest BCUT2D eigenvalue weighted by atomic mass is 16.5. The average molecular weight is 324 g/mol. The zero-order valence-corrected chi connectivity index (χ0v) is 14.4. The van der Waals surface area contributed by atoms with E-state index in [4.69, 9.17) is 10.5 Å². The number of hydrogen-bond donors (Lipinski definition) is 1. The number of hydrogen-bond acceptors (Lipinski definition) is 3. The molecule has 0 unspecified atom stereocenters. The maximum atomic E-state index is 6.14. The van der Waals surface area contributed by atoms with E-state index in [1.807, 2.05) is 6.07 Å². The van der Waals surface area contributed by atoms with Crippen molar-refractivity contribution >= 4 is 0 Å². The van der Waals surface area contributed by atoms with E-state index in [9.17, 15) is 0 Å². The van der Waals surface area contributed by atoms with Gasteiger partial charge in [-0.25, -0.2) is 0 Å². The quantitative estimate of drug-likeness (QED) is 0.780. The molecule has 3 nitrogen and oxygen atoms in total. The van der Waals surface area contributed by atoms with Crippen LogP contribution in [-0.4, -0.2) is 31.1 Å². The van der Waals surface area contributed by atoms with Gasteiger partial charge in [-0.15, -0.1) is 0 Å². The van der Waals surface area contributed by atoms with Gasteiger partial charge < -0.3 is 15.4 Å². The van der Waals surface area contributed by atoms with Crippen LogP contribution in [-0.2, 0) is 6.54 Å². The second kappa shape index (κ2) is 8.86. The minimum Gasteiger partial charge on any atom is -0.493 e. The van der Waals surface area contributed by atoms with Crippen LogP contribution in [0.1, 0.15) is 31.2 Å². The molecule has 1 heterocycles. The highest BCUT2D eigenvalue weighted by molar-refractivity contribution is 5.70. The fourth-order valence-electron chi connectivity index (χ4n) is 3.32. The molecule has 0 saturated carbocycles. The molecule has 0 spiro atoms. The highest BCUT2D eigenvalue weighted by Gasteiger charge is 2.10. The first-order valence-electron chi connectivity index (χ1n) is 9.10. The van der Waals surface area contributed by atoms with Gasteiger partial charge in [0.15, 0.2) is 0 Å². The zero-order chi connectivity index (χ0) is 16.6. The molecule has 2 aromatic rings. The van der Waals surface area contributed by atoms with Crippen LogP contribution in [0.3, 0.4) is 0 Å². The lowest BCUT2D eigenvalue weighted by molar-refractivity contribution is 0.205. The van der Waals surface area contributed by atoms with Crippen LogP contribution in [0.5, 0.6) is 5.75 Å². The monoisotopic (exact) mass is 324 g/mol. The second-order valence-electron chi connectivity index (χ2n) is 6.50. The normalized spacial score (nSPS) is 15.4. The van der Waals surface area contributed by atoms with Gasteiger partial charge in [-0.3, -0.25) is 0 Å². The second-order valence-corrected chi connectivity index (χ2v) is 6.50. The fraction of sp³-hybridized carbons (Fsp3) is 0.429. The summed E-state index contributed by atoms with van der Waals surface area (Å²) in [5.74, 6) is 0.947. The van der Waals surface area contributed by atoms with Crippen molar-refractivity contribution in [3.63, 3.8) is 0 Å². The summed E-state index contributed by atoms with van der Waals surface area (Å²) in [6.45, 7) is 4.93. The van der Waals surface area contributed by atoms with E-state index in [0.717, 1.165) is 36.4 Å². The van der Waals surface area contributed by atoms with Crippen molar-refractivity contribution in [2.45, 2.75) is 32.2 Å². The molecule has 1 fully saturated rings. The molecule has 1 aliphatic rings. The van der Waals surface area contributed by atoms with E-state index in [1.54, 1.807) is 0 Å². The van der Waals surface area contributed by atoms with E-state index >= 15 is 0 Å². The van der Waals surface area contributed by atoms with Crippen LogP contribution in [0.15, 0.2) is 48.5 Å². The Bertz CT molecular complexity index is 621. The number of nitrogens with two attached hydrogens (primary N) is 1. The number of rotatable bonds is 7. The Morgan fingerprint density at radius 1 is 0.958 bits per heavy atom. The molecule has 0 bridgehead atoms. The summed E-state index contributed by atoms with van der Waals surface area (Å²) in [4.78, 5) is 2.56. The third-order valence-corrected chi connectivity index (χ3v) is 4.69. The Kier molecular flexibility index (Phi) is 6.27. The van der Waals surface area contributed by atoms with Crippen LogP contribution in [0.25, 0.3) is 11.1 Å². The minimum absolute atomic E-state index is 0.541. The topological polar surface area (TPSA) is 38.5 Å². The fourth-order valence-corrected chi connectivity index (χ4v) is 3.32. The van der Waals surface area contributed by atoms with Crippen LogP contribution in [0, 0.1) is 0 Å². The summed E-state index contributed by atoms with van der Waals surface area (Å²) in [6, 6.07) is 16.7. The van der Waals surface area contributed by atoms with Crippen molar-refractivity contribution in [3.8, 4) is 16.9 Å². The van der Waals surface area contributed by atoms with Gasteiger partial charge >= 0.3 is 0 Å². The third-order valence-electron chi connectivity index (χ3n) is 4.69. The molecule has 0 amide bonds. The third kappa shape index (κ3) is 4.59. The van der Waals surface area contributed by atoms with E-state index in [2.05, 4.69) is 47.4 Å². The van der Waals surface area contributed by atoms with Crippen molar-refractivity contribution in [2.24, 2.45) is 5.73 Å². The summed E-state index contributed by atoms with van der Waals surface area (Å²) in [7, 11) is 0. The van der Waals surface area contributed by atoms with Gasteiger partial charge in [0.1, 0.15) is 5.75 Å². The molecule has 3 rings (SSSR count). The molecule has 3 heteroatoms. The Balaban J connectivity index is 1.62. The predicted molar refractivity (Wildman–Crippen MR) is 100 cm³/mol. The Morgan fingerprint density at radius 3 is 2.50 bits per heavy atom. The molecule has 2 aromatic carbocycles. The first-order valence-corrected chi connectivity index (χ1v) is 9.10. The van der Waals surface area contributed by atoms with Gasteiger partial charge in [0, 0.05) is 18.7 Å². The zero-order valence-electron chi connectivity index (χ0n) is 14.4. The predicted octanol–water partition coefficient (Wildman–Crippen LogP) is 4.07. The smallest absolute Gasteiger partial charge is 0.127 e. The lowest BCUT2D eigenvalue weighted by Gasteiger charge is -2.26. The maximum absolute atomic E-state index is 6.14. The van der Waals surface area contributed by atoms with E-state index < -0.39 is 0 Å². The largest absolute Gasteiger partial charge is 0.493 e. The maximum Gasteiger partial charge on any atom is 0.127 e. The molecular formula is C21H28N2O. The van der Waals surface area contributed by atoms with E-state index in [-0.39, 0.29) is 0 Å². The van der Waals surface area contributed by atoms with Crippen LogP contribution in [0.4, 0.5) is 0 Å². The number of nitrogens with zero attached hydrogens (tertiary/aromatic N) is 1. The molecule has 0 aliphatic carbocycles. The summed E-state index contributed by atoms with van der Waals surface area (Å²) in [5.41, 5.74) is 9.24. The van der Waals surface area contributed by atoms with E-state index in [0.29, 0.717) is 6.54 Å². The van der Waals surface area contributed by atoms with Crippen LogP contribution in [0.2, 0.25) is 0 Å². The molecule has 1 aliphatic heterocycles. The number of benzene rings is 2. The van der Waals surface area contributed by atoms with Crippen molar-refractivity contribution in [2.75, 3.05) is 26.2 Å². The van der Waals surface area contributed by atoms with Crippen molar-refractivity contribution < 1.29 is 4.74 Å². The van der Waals surface area contributed by atoms with Gasteiger partial charge in [0.2, 0.25) is 0 Å². The summed E-state index contributed by atoms with van der Waals surface area (Å²) >= 11 is 0.